The topological polar surface area (TPSA) is 47.0 Å². The number of hydrogen-bond donors (Lipinski definition) is 1. The van der Waals surface area contributed by atoms with Crippen molar-refractivity contribution in [2.24, 2.45) is 5.92 Å². The van der Waals surface area contributed by atoms with Crippen LogP contribution in [0.4, 0.5) is 0 Å². The van der Waals surface area contributed by atoms with E-state index in [1.165, 1.54) is 0 Å². The van der Waals surface area contributed by atoms with Crippen molar-refractivity contribution in [1.82, 2.24) is 14.7 Å². The molecule has 2 heterocycles. The van der Waals surface area contributed by atoms with E-state index in [1.807, 2.05) is 35.2 Å². The third-order valence-electron chi connectivity index (χ3n) is 5.58. The van der Waals surface area contributed by atoms with Crippen molar-refractivity contribution in [2.75, 3.05) is 52.4 Å². The molecule has 2 aliphatic heterocycles. The number of likely N-dealkylation sites (tertiary alicyclic amines) is 1. The molecule has 1 amide bonds. The first-order valence-electron chi connectivity index (χ1n) is 9.57. The van der Waals surface area contributed by atoms with Gasteiger partial charge in [0.2, 0.25) is 5.91 Å². The second-order valence-electron chi connectivity index (χ2n) is 7.57. The van der Waals surface area contributed by atoms with Crippen LogP contribution in [0.5, 0.6) is 0 Å². The standard InChI is InChI=1S/C20H31N3O2/c1-17-7-9-23(10-8-17)20(25)16-22-13-11-21(12-14-22)15-19(24)18-5-3-2-4-6-18/h2-6,17,19,24H,7-16H2,1H3/t19-/m1/s1. The van der Waals surface area contributed by atoms with Crippen molar-refractivity contribution in [1.29, 1.82) is 0 Å². The number of piperidine rings is 1. The first-order valence-corrected chi connectivity index (χ1v) is 9.57. The Hall–Kier alpha value is -1.43. The van der Waals surface area contributed by atoms with Gasteiger partial charge in [0, 0.05) is 45.8 Å². The summed E-state index contributed by atoms with van der Waals surface area (Å²) in [4.78, 5) is 19.0. The predicted molar refractivity (Wildman–Crippen MR) is 99.3 cm³/mol. The van der Waals surface area contributed by atoms with Gasteiger partial charge in [0.25, 0.3) is 0 Å². The van der Waals surface area contributed by atoms with Gasteiger partial charge >= 0.3 is 0 Å². The van der Waals surface area contributed by atoms with E-state index in [0.717, 1.165) is 63.6 Å². The van der Waals surface area contributed by atoms with Crippen LogP contribution in [0, 0.1) is 5.92 Å². The molecule has 1 N–H and O–H groups in total. The fourth-order valence-electron chi connectivity index (χ4n) is 3.70. The normalized spacial score (nSPS) is 22.1. The largest absolute Gasteiger partial charge is 0.387 e. The van der Waals surface area contributed by atoms with Crippen LogP contribution in [0.2, 0.25) is 0 Å². The second kappa shape index (κ2) is 8.79. The van der Waals surface area contributed by atoms with Gasteiger partial charge in [-0.1, -0.05) is 37.3 Å². The SMILES string of the molecule is CC1CCN(C(=O)CN2CCN(C[C@@H](O)c3ccccc3)CC2)CC1. The van der Waals surface area contributed by atoms with Gasteiger partial charge in [-0.15, -0.1) is 0 Å². The van der Waals surface area contributed by atoms with Gasteiger partial charge in [0.05, 0.1) is 12.6 Å². The summed E-state index contributed by atoms with van der Waals surface area (Å²) >= 11 is 0. The highest BCUT2D eigenvalue weighted by Crippen LogP contribution is 2.17. The minimum absolute atomic E-state index is 0.282. The molecular formula is C20H31N3O2. The molecular weight excluding hydrogens is 314 g/mol. The second-order valence-corrected chi connectivity index (χ2v) is 7.57. The summed E-state index contributed by atoms with van der Waals surface area (Å²) in [6.45, 7) is 8.94. The van der Waals surface area contributed by atoms with Gasteiger partial charge in [-0.2, -0.15) is 0 Å². The highest BCUT2D eigenvalue weighted by molar-refractivity contribution is 5.78. The van der Waals surface area contributed by atoms with Crippen LogP contribution in [0.15, 0.2) is 30.3 Å². The number of hydrogen-bond acceptors (Lipinski definition) is 4. The van der Waals surface area contributed by atoms with Crippen molar-refractivity contribution < 1.29 is 9.90 Å². The molecule has 0 radical (unpaired) electrons. The Morgan fingerprint density at radius 2 is 1.64 bits per heavy atom. The van der Waals surface area contributed by atoms with E-state index < -0.39 is 6.10 Å². The van der Waals surface area contributed by atoms with Gasteiger partial charge in [-0.25, -0.2) is 0 Å². The Kier molecular flexibility index (Phi) is 6.45. The fraction of sp³-hybridized carbons (Fsp3) is 0.650. The monoisotopic (exact) mass is 345 g/mol. The average Bonchev–Trinajstić information content (AvgIpc) is 2.64. The number of amides is 1. The van der Waals surface area contributed by atoms with Crippen molar-refractivity contribution in [3.63, 3.8) is 0 Å². The molecule has 3 rings (SSSR count). The summed E-state index contributed by atoms with van der Waals surface area (Å²) < 4.78 is 0. The smallest absolute Gasteiger partial charge is 0.236 e. The maximum Gasteiger partial charge on any atom is 0.236 e. The molecule has 2 aliphatic rings. The molecule has 0 aliphatic carbocycles. The Labute approximate surface area is 151 Å². The third-order valence-corrected chi connectivity index (χ3v) is 5.58. The summed E-state index contributed by atoms with van der Waals surface area (Å²) in [6, 6.07) is 9.83. The molecule has 5 heteroatoms. The number of nitrogens with zero attached hydrogens (tertiary/aromatic N) is 3. The summed E-state index contributed by atoms with van der Waals surface area (Å²) in [6.07, 6.45) is 1.83. The number of piperazine rings is 1. The lowest BCUT2D eigenvalue weighted by Gasteiger charge is -2.37. The molecule has 2 fully saturated rings. The first kappa shape index (κ1) is 18.4. The maximum absolute atomic E-state index is 12.4. The molecule has 0 aromatic heterocycles. The molecule has 1 atom stereocenters. The van der Waals surface area contributed by atoms with Gasteiger partial charge in [0.15, 0.2) is 0 Å². The van der Waals surface area contributed by atoms with Crippen LogP contribution >= 0.6 is 0 Å². The summed E-state index contributed by atoms with van der Waals surface area (Å²) in [5, 5.41) is 10.4. The van der Waals surface area contributed by atoms with Gasteiger partial charge in [0.1, 0.15) is 0 Å². The summed E-state index contributed by atoms with van der Waals surface area (Å²) in [5.74, 6) is 1.04. The predicted octanol–water partition coefficient (Wildman–Crippen LogP) is 1.60. The fourth-order valence-corrected chi connectivity index (χ4v) is 3.70. The number of carbonyl (C=O) groups is 1. The van der Waals surface area contributed by atoms with E-state index in [4.69, 9.17) is 0 Å². The minimum atomic E-state index is -0.440. The maximum atomic E-state index is 12.4. The van der Waals surface area contributed by atoms with E-state index in [0.29, 0.717) is 13.1 Å². The van der Waals surface area contributed by atoms with Crippen LogP contribution in [0.1, 0.15) is 31.4 Å². The van der Waals surface area contributed by atoms with Gasteiger partial charge < -0.3 is 10.0 Å². The van der Waals surface area contributed by atoms with E-state index >= 15 is 0 Å². The van der Waals surface area contributed by atoms with Crippen LogP contribution in [0.25, 0.3) is 0 Å². The number of rotatable bonds is 5. The summed E-state index contributed by atoms with van der Waals surface area (Å²) in [7, 11) is 0. The molecule has 0 saturated carbocycles. The first-order chi connectivity index (χ1) is 12.1. The highest BCUT2D eigenvalue weighted by Gasteiger charge is 2.25. The van der Waals surface area contributed by atoms with E-state index in [2.05, 4.69) is 16.7 Å². The Bertz CT molecular complexity index is 535. The zero-order valence-corrected chi connectivity index (χ0v) is 15.3. The lowest BCUT2D eigenvalue weighted by atomic mass is 9.99. The van der Waals surface area contributed by atoms with E-state index in [-0.39, 0.29) is 5.91 Å². The van der Waals surface area contributed by atoms with E-state index in [1.54, 1.807) is 0 Å². The Balaban J connectivity index is 1.39. The van der Waals surface area contributed by atoms with Crippen molar-refractivity contribution in [2.45, 2.75) is 25.9 Å². The lowest BCUT2D eigenvalue weighted by Crippen LogP contribution is -2.51. The van der Waals surface area contributed by atoms with Crippen LogP contribution in [0.3, 0.4) is 0 Å². The minimum Gasteiger partial charge on any atom is -0.387 e. The molecule has 138 valence electrons. The third kappa shape index (κ3) is 5.27. The number of carbonyl (C=O) groups excluding carboxylic acids is 1. The zero-order valence-electron chi connectivity index (χ0n) is 15.3. The Morgan fingerprint density at radius 1 is 1.04 bits per heavy atom. The molecule has 1 aromatic carbocycles. The number of benzene rings is 1. The van der Waals surface area contributed by atoms with Crippen molar-refractivity contribution in [3.05, 3.63) is 35.9 Å². The number of aliphatic hydroxyl groups is 1. The quantitative estimate of drug-likeness (QED) is 0.880. The average molecular weight is 345 g/mol. The van der Waals surface area contributed by atoms with Crippen LogP contribution < -0.4 is 0 Å². The van der Waals surface area contributed by atoms with Crippen molar-refractivity contribution >= 4 is 5.91 Å². The lowest BCUT2D eigenvalue weighted by molar-refractivity contribution is -0.134. The molecule has 5 nitrogen and oxygen atoms in total. The summed E-state index contributed by atoms with van der Waals surface area (Å²) in [5.41, 5.74) is 0.972. The highest BCUT2D eigenvalue weighted by atomic mass is 16.3. The molecule has 1 aromatic rings. The Morgan fingerprint density at radius 3 is 2.28 bits per heavy atom. The van der Waals surface area contributed by atoms with Gasteiger partial charge in [-0.3, -0.25) is 14.6 Å². The zero-order chi connectivity index (χ0) is 17.6. The molecule has 0 unspecified atom stereocenters. The molecule has 0 spiro atoms. The van der Waals surface area contributed by atoms with Crippen LogP contribution in [-0.4, -0.2) is 78.1 Å². The van der Waals surface area contributed by atoms with Crippen LogP contribution in [-0.2, 0) is 4.79 Å². The molecule has 2 saturated heterocycles. The number of aliphatic hydroxyl groups excluding tert-OH is 1. The van der Waals surface area contributed by atoms with Gasteiger partial charge in [-0.05, 0) is 24.3 Å². The molecule has 25 heavy (non-hydrogen) atoms. The number of β-amino-alcohol motifs (C(OH)–C–C–N with tert-alkyl or cyclic N) is 1. The van der Waals surface area contributed by atoms with E-state index in [9.17, 15) is 9.90 Å². The molecule has 0 bridgehead atoms. The van der Waals surface area contributed by atoms with Crippen molar-refractivity contribution in [3.8, 4) is 0 Å².